The van der Waals surface area contributed by atoms with Crippen molar-refractivity contribution in [3.8, 4) is 0 Å². The van der Waals surface area contributed by atoms with Gasteiger partial charge in [0.1, 0.15) is 0 Å². The summed E-state index contributed by atoms with van der Waals surface area (Å²) in [5.41, 5.74) is 1.54. The SMILES string of the molecule is C[C@H](NC(=S)Nc1ccc2ccccc2c1)C12CC3CC(CC(C3)C1)C2. The summed E-state index contributed by atoms with van der Waals surface area (Å²) < 4.78 is 0. The molecule has 4 aliphatic rings. The zero-order chi connectivity index (χ0) is 17.7. The average Bonchev–Trinajstić information content (AvgIpc) is 2.60. The van der Waals surface area contributed by atoms with Crippen molar-refractivity contribution in [2.24, 2.45) is 23.2 Å². The molecule has 0 unspecified atom stereocenters. The maximum atomic E-state index is 5.67. The highest BCUT2D eigenvalue weighted by Crippen LogP contribution is 2.61. The largest absolute Gasteiger partial charge is 0.359 e. The Balaban J connectivity index is 1.27. The van der Waals surface area contributed by atoms with Crippen LogP contribution < -0.4 is 10.6 Å². The van der Waals surface area contributed by atoms with Crippen molar-refractivity contribution in [1.82, 2.24) is 5.32 Å². The fraction of sp³-hybridized carbons (Fsp3) is 0.522. The average molecular weight is 365 g/mol. The van der Waals surface area contributed by atoms with Crippen molar-refractivity contribution in [1.29, 1.82) is 0 Å². The second-order valence-electron chi connectivity index (χ2n) is 9.16. The van der Waals surface area contributed by atoms with Crippen LogP contribution in [0.15, 0.2) is 42.5 Å². The van der Waals surface area contributed by atoms with E-state index in [1.807, 2.05) is 0 Å². The van der Waals surface area contributed by atoms with Gasteiger partial charge in [0.2, 0.25) is 0 Å². The van der Waals surface area contributed by atoms with Crippen LogP contribution in [0.25, 0.3) is 10.8 Å². The Labute approximate surface area is 161 Å². The van der Waals surface area contributed by atoms with Gasteiger partial charge < -0.3 is 10.6 Å². The minimum absolute atomic E-state index is 0.455. The lowest BCUT2D eigenvalue weighted by molar-refractivity contribution is -0.0671. The number of thiocarbonyl (C=S) groups is 1. The second kappa shape index (κ2) is 6.23. The van der Waals surface area contributed by atoms with Gasteiger partial charge in [0.15, 0.2) is 5.11 Å². The van der Waals surface area contributed by atoms with E-state index in [-0.39, 0.29) is 0 Å². The predicted molar refractivity (Wildman–Crippen MR) is 113 cm³/mol. The van der Waals surface area contributed by atoms with E-state index in [4.69, 9.17) is 12.2 Å². The number of nitrogens with one attached hydrogen (secondary N) is 2. The summed E-state index contributed by atoms with van der Waals surface area (Å²) in [6.45, 7) is 2.36. The summed E-state index contributed by atoms with van der Waals surface area (Å²) in [5.74, 6) is 2.94. The van der Waals surface area contributed by atoms with Crippen molar-refractivity contribution in [3.63, 3.8) is 0 Å². The fourth-order valence-corrected chi connectivity index (χ4v) is 6.79. The van der Waals surface area contributed by atoms with Crippen LogP contribution >= 0.6 is 12.2 Å². The lowest BCUT2D eigenvalue weighted by Gasteiger charge is -2.59. The maximum absolute atomic E-state index is 5.67. The van der Waals surface area contributed by atoms with Crippen molar-refractivity contribution in [3.05, 3.63) is 42.5 Å². The molecule has 0 aliphatic heterocycles. The van der Waals surface area contributed by atoms with Crippen LogP contribution in [0.3, 0.4) is 0 Å². The Bertz CT molecular complexity index is 808. The quantitative estimate of drug-likeness (QED) is 0.680. The van der Waals surface area contributed by atoms with E-state index in [1.165, 1.54) is 49.3 Å². The highest BCUT2D eigenvalue weighted by molar-refractivity contribution is 7.80. The molecule has 26 heavy (non-hydrogen) atoms. The monoisotopic (exact) mass is 364 g/mol. The van der Waals surface area contributed by atoms with E-state index < -0.39 is 0 Å². The molecule has 0 aromatic heterocycles. The molecule has 4 bridgehead atoms. The number of hydrogen-bond donors (Lipinski definition) is 2. The highest BCUT2D eigenvalue weighted by atomic mass is 32.1. The third-order valence-electron chi connectivity index (χ3n) is 7.36. The van der Waals surface area contributed by atoms with Crippen LogP contribution in [0.4, 0.5) is 5.69 Å². The minimum atomic E-state index is 0.455. The smallest absolute Gasteiger partial charge is 0.171 e. The van der Waals surface area contributed by atoms with Crippen molar-refractivity contribution >= 4 is 33.8 Å². The van der Waals surface area contributed by atoms with Gasteiger partial charge in [-0.2, -0.15) is 0 Å². The third-order valence-corrected chi connectivity index (χ3v) is 7.58. The van der Waals surface area contributed by atoms with Crippen molar-refractivity contribution in [2.45, 2.75) is 51.5 Å². The van der Waals surface area contributed by atoms with Crippen LogP contribution in [-0.2, 0) is 0 Å². The number of hydrogen-bond acceptors (Lipinski definition) is 1. The van der Waals surface area contributed by atoms with Crippen LogP contribution in [0.2, 0.25) is 0 Å². The topological polar surface area (TPSA) is 24.1 Å². The molecule has 2 aromatic carbocycles. The molecule has 2 aromatic rings. The number of benzene rings is 2. The molecular weight excluding hydrogens is 336 g/mol. The Morgan fingerprint density at radius 1 is 0.962 bits per heavy atom. The first kappa shape index (κ1) is 16.6. The van der Waals surface area contributed by atoms with E-state index in [0.29, 0.717) is 11.5 Å². The summed E-state index contributed by atoms with van der Waals surface area (Å²) >= 11 is 5.67. The van der Waals surface area contributed by atoms with Gasteiger partial charge in [-0.1, -0.05) is 30.3 Å². The summed E-state index contributed by atoms with van der Waals surface area (Å²) in [6, 6.07) is 15.4. The molecule has 0 saturated heterocycles. The van der Waals surface area contributed by atoms with E-state index in [1.54, 1.807) is 0 Å². The Hall–Kier alpha value is -1.61. The van der Waals surface area contributed by atoms with Crippen LogP contribution in [0.1, 0.15) is 45.4 Å². The lowest BCUT2D eigenvalue weighted by Crippen LogP contribution is -2.56. The van der Waals surface area contributed by atoms with E-state index >= 15 is 0 Å². The fourth-order valence-electron chi connectivity index (χ4n) is 6.49. The zero-order valence-corrected chi connectivity index (χ0v) is 16.3. The van der Waals surface area contributed by atoms with Crippen molar-refractivity contribution < 1.29 is 0 Å². The highest BCUT2D eigenvalue weighted by Gasteiger charge is 2.53. The van der Waals surface area contributed by atoms with Gasteiger partial charge in [-0.15, -0.1) is 0 Å². The van der Waals surface area contributed by atoms with Crippen LogP contribution in [-0.4, -0.2) is 11.2 Å². The van der Waals surface area contributed by atoms with E-state index in [0.717, 1.165) is 28.6 Å². The molecule has 4 fully saturated rings. The van der Waals surface area contributed by atoms with Crippen LogP contribution in [0, 0.1) is 23.2 Å². The zero-order valence-electron chi connectivity index (χ0n) is 15.5. The number of rotatable bonds is 3. The van der Waals surface area contributed by atoms with E-state index in [9.17, 15) is 0 Å². The molecule has 4 aliphatic carbocycles. The first-order valence-electron chi connectivity index (χ1n) is 10.2. The molecule has 6 rings (SSSR count). The molecule has 2 nitrogen and oxygen atoms in total. The number of anilines is 1. The van der Waals surface area contributed by atoms with Gasteiger partial charge >= 0.3 is 0 Å². The summed E-state index contributed by atoms with van der Waals surface area (Å²) in [4.78, 5) is 0. The molecule has 0 heterocycles. The van der Waals surface area contributed by atoms with Gasteiger partial charge in [0, 0.05) is 11.7 Å². The number of fused-ring (bicyclic) bond motifs is 1. The van der Waals surface area contributed by atoms with E-state index in [2.05, 4.69) is 60.0 Å². The Morgan fingerprint density at radius 3 is 2.23 bits per heavy atom. The lowest BCUT2D eigenvalue weighted by atomic mass is 9.48. The van der Waals surface area contributed by atoms with Gasteiger partial charge in [-0.05, 0) is 104 Å². The predicted octanol–water partition coefficient (Wildman–Crippen LogP) is 5.73. The Kier molecular flexibility index (Phi) is 3.97. The first-order valence-corrected chi connectivity index (χ1v) is 10.6. The molecule has 0 amide bonds. The summed E-state index contributed by atoms with van der Waals surface area (Å²) in [7, 11) is 0. The third kappa shape index (κ3) is 2.90. The van der Waals surface area contributed by atoms with Gasteiger partial charge in [0.05, 0.1) is 0 Å². The second-order valence-corrected chi connectivity index (χ2v) is 9.57. The standard InChI is InChI=1S/C23H28N2S/c1-15(23-12-16-8-17(13-23)10-18(9-16)14-23)24-22(26)25-21-7-6-19-4-2-3-5-20(19)11-21/h2-7,11,15-18H,8-10,12-14H2,1H3,(H2,24,25,26)/t15-,16?,17?,18?,23?/m0/s1. The maximum Gasteiger partial charge on any atom is 0.171 e. The summed E-state index contributed by atoms with van der Waals surface area (Å²) in [6.07, 6.45) is 8.70. The first-order chi connectivity index (χ1) is 12.6. The summed E-state index contributed by atoms with van der Waals surface area (Å²) in [5, 5.41) is 10.3. The molecule has 3 heteroatoms. The molecule has 0 radical (unpaired) electrons. The molecule has 1 atom stereocenters. The molecule has 4 saturated carbocycles. The van der Waals surface area contributed by atoms with Crippen LogP contribution in [0.5, 0.6) is 0 Å². The molecule has 0 spiro atoms. The van der Waals surface area contributed by atoms with Crippen molar-refractivity contribution in [2.75, 3.05) is 5.32 Å². The van der Waals surface area contributed by atoms with Gasteiger partial charge in [0.25, 0.3) is 0 Å². The van der Waals surface area contributed by atoms with Gasteiger partial charge in [-0.25, -0.2) is 0 Å². The molecular formula is C23H28N2S. The van der Waals surface area contributed by atoms with Gasteiger partial charge in [-0.3, -0.25) is 0 Å². The minimum Gasteiger partial charge on any atom is -0.359 e. The molecule has 2 N–H and O–H groups in total. The Morgan fingerprint density at radius 2 is 1.58 bits per heavy atom. The normalized spacial score (nSPS) is 33.2. The molecule has 136 valence electrons.